The van der Waals surface area contributed by atoms with Crippen LogP contribution in [-0.4, -0.2) is 38.5 Å². The molecular weight excluding hydrogens is 346 g/mol. The van der Waals surface area contributed by atoms with Crippen LogP contribution in [0.1, 0.15) is 24.8 Å². The van der Waals surface area contributed by atoms with Gasteiger partial charge in [-0.1, -0.05) is 30.3 Å². The molecule has 5 nitrogen and oxygen atoms in total. The largest absolute Gasteiger partial charge is 0.365 e. The molecule has 26 heavy (non-hydrogen) atoms. The second kappa shape index (κ2) is 6.56. The molecule has 0 radical (unpaired) electrons. The van der Waals surface area contributed by atoms with Crippen molar-refractivity contribution in [2.75, 3.05) is 11.9 Å². The third-order valence-electron chi connectivity index (χ3n) is 5.90. The van der Waals surface area contributed by atoms with Crippen molar-refractivity contribution in [2.24, 2.45) is 5.92 Å². The third kappa shape index (κ3) is 2.95. The smallest absolute Gasteiger partial charge is 0.226 e. The minimum absolute atomic E-state index is 0.281. The summed E-state index contributed by atoms with van der Waals surface area (Å²) in [4.78, 5) is 14.5. The molecule has 0 amide bonds. The SMILES string of the molecule is Clc1nc(N[C@H]2CN(Cc3ccccc3)[C@@H]3CC[C@H]2C3)c2cc[nH]c2n1. The maximum absolute atomic E-state index is 6.12. The number of aromatic amines is 1. The number of rotatable bonds is 4. The fourth-order valence-corrected chi connectivity index (χ4v) is 4.78. The standard InChI is InChI=1S/C20H22ClN5/c21-20-24-18-16(8-9-22-18)19(25-20)23-17-12-26(15-7-6-14(17)10-15)11-13-4-2-1-3-5-13/h1-5,8-9,14-15,17H,6-7,10-12H2,(H2,22,23,24,25)/t14-,15+,17-/m0/s1. The van der Waals surface area contributed by atoms with E-state index in [1.54, 1.807) is 0 Å². The van der Waals surface area contributed by atoms with Gasteiger partial charge in [0.05, 0.1) is 5.39 Å². The molecule has 0 unspecified atom stereocenters. The lowest BCUT2D eigenvalue weighted by atomic mass is 9.93. The highest BCUT2D eigenvalue weighted by Crippen LogP contribution is 2.39. The maximum atomic E-state index is 6.12. The fraction of sp³-hybridized carbons (Fsp3) is 0.400. The van der Waals surface area contributed by atoms with E-state index in [1.807, 2.05) is 12.3 Å². The molecule has 3 aromatic rings. The van der Waals surface area contributed by atoms with Crippen LogP contribution in [-0.2, 0) is 6.54 Å². The average molecular weight is 368 g/mol. The van der Waals surface area contributed by atoms with Crippen LogP contribution in [0, 0.1) is 5.92 Å². The number of likely N-dealkylation sites (tertiary alicyclic amines) is 1. The van der Waals surface area contributed by atoms with E-state index in [1.165, 1.54) is 24.8 Å². The second-order valence-corrected chi connectivity index (χ2v) is 7.81. The summed E-state index contributed by atoms with van der Waals surface area (Å²) in [6.45, 7) is 2.05. The van der Waals surface area contributed by atoms with Crippen LogP contribution in [0.25, 0.3) is 11.0 Å². The minimum atomic E-state index is 0.281. The average Bonchev–Trinajstić information content (AvgIpc) is 3.28. The van der Waals surface area contributed by atoms with Crippen molar-refractivity contribution in [3.8, 4) is 0 Å². The number of piperidine rings is 1. The summed E-state index contributed by atoms with van der Waals surface area (Å²) in [5.74, 6) is 1.55. The molecule has 2 bridgehead atoms. The first kappa shape index (κ1) is 16.1. The Balaban J connectivity index is 1.39. The van der Waals surface area contributed by atoms with E-state index in [0.29, 0.717) is 18.0 Å². The van der Waals surface area contributed by atoms with E-state index in [2.05, 4.69) is 55.5 Å². The first-order valence-electron chi connectivity index (χ1n) is 9.31. The number of anilines is 1. The molecule has 3 atom stereocenters. The summed E-state index contributed by atoms with van der Waals surface area (Å²) >= 11 is 6.12. The number of hydrogen-bond donors (Lipinski definition) is 2. The zero-order valence-corrected chi connectivity index (χ0v) is 15.3. The van der Waals surface area contributed by atoms with Gasteiger partial charge in [0.2, 0.25) is 5.28 Å². The molecule has 2 aliphatic rings. The van der Waals surface area contributed by atoms with Gasteiger partial charge in [0.1, 0.15) is 11.5 Å². The topological polar surface area (TPSA) is 56.8 Å². The molecule has 0 spiro atoms. The highest BCUT2D eigenvalue weighted by atomic mass is 35.5. The Labute approximate surface area is 157 Å². The van der Waals surface area contributed by atoms with Gasteiger partial charge in [-0.15, -0.1) is 0 Å². The third-order valence-corrected chi connectivity index (χ3v) is 6.07. The van der Waals surface area contributed by atoms with E-state index < -0.39 is 0 Å². The highest BCUT2D eigenvalue weighted by Gasteiger charge is 2.40. The van der Waals surface area contributed by atoms with Gasteiger partial charge >= 0.3 is 0 Å². The zero-order valence-electron chi connectivity index (χ0n) is 14.5. The van der Waals surface area contributed by atoms with Gasteiger partial charge in [-0.3, -0.25) is 4.90 Å². The number of H-pyrrole nitrogens is 1. The number of benzene rings is 1. The van der Waals surface area contributed by atoms with Crippen molar-refractivity contribution in [2.45, 2.75) is 37.9 Å². The predicted molar refractivity (Wildman–Crippen MR) is 104 cm³/mol. The van der Waals surface area contributed by atoms with Gasteiger partial charge < -0.3 is 10.3 Å². The Morgan fingerprint density at radius 2 is 2.04 bits per heavy atom. The van der Waals surface area contributed by atoms with Gasteiger partial charge in [-0.25, -0.2) is 4.98 Å². The van der Waals surface area contributed by atoms with Crippen molar-refractivity contribution < 1.29 is 0 Å². The Kier molecular flexibility index (Phi) is 4.06. The van der Waals surface area contributed by atoms with Crippen LogP contribution in [0.5, 0.6) is 0 Å². The van der Waals surface area contributed by atoms with Crippen LogP contribution < -0.4 is 5.32 Å². The molecule has 5 rings (SSSR count). The van der Waals surface area contributed by atoms with Gasteiger partial charge in [-0.2, -0.15) is 4.98 Å². The number of nitrogens with one attached hydrogen (secondary N) is 2. The Morgan fingerprint density at radius 1 is 1.15 bits per heavy atom. The molecule has 1 saturated carbocycles. The fourth-order valence-electron chi connectivity index (χ4n) is 4.61. The van der Waals surface area contributed by atoms with Gasteiger partial charge in [0.25, 0.3) is 0 Å². The van der Waals surface area contributed by atoms with Crippen LogP contribution in [0.2, 0.25) is 5.28 Å². The first-order valence-corrected chi connectivity index (χ1v) is 9.69. The Hall–Kier alpha value is -2.11. The van der Waals surface area contributed by atoms with Gasteiger partial charge in [0.15, 0.2) is 0 Å². The molecule has 6 heteroatoms. The van der Waals surface area contributed by atoms with Crippen LogP contribution in [0.4, 0.5) is 5.82 Å². The predicted octanol–water partition coefficient (Wildman–Crippen LogP) is 4.08. The lowest BCUT2D eigenvalue weighted by molar-refractivity contribution is 0.137. The molecule has 1 aromatic carbocycles. The van der Waals surface area contributed by atoms with E-state index in [9.17, 15) is 0 Å². The van der Waals surface area contributed by atoms with E-state index in [4.69, 9.17) is 11.6 Å². The van der Waals surface area contributed by atoms with Crippen LogP contribution in [0.15, 0.2) is 42.6 Å². The molecular formula is C20H22ClN5. The van der Waals surface area contributed by atoms with E-state index >= 15 is 0 Å². The van der Waals surface area contributed by atoms with Crippen molar-refractivity contribution in [1.29, 1.82) is 0 Å². The number of hydrogen-bond acceptors (Lipinski definition) is 4. The van der Waals surface area contributed by atoms with E-state index in [-0.39, 0.29) is 5.28 Å². The molecule has 1 aliphatic heterocycles. The summed E-state index contributed by atoms with van der Waals surface area (Å²) in [5.41, 5.74) is 2.17. The van der Waals surface area contributed by atoms with Crippen molar-refractivity contribution in [3.63, 3.8) is 0 Å². The van der Waals surface area contributed by atoms with E-state index in [0.717, 1.165) is 29.9 Å². The number of aromatic nitrogens is 3. The number of fused-ring (bicyclic) bond motifs is 3. The summed E-state index contributed by atoms with van der Waals surface area (Å²) in [6.07, 6.45) is 5.72. The minimum Gasteiger partial charge on any atom is -0.365 e. The summed E-state index contributed by atoms with van der Waals surface area (Å²) < 4.78 is 0. The molecule has 1 saturated heterocycles. The zero-order chi connectivity index (χ0) is 17.5. The quantitative estimate of drug-likeness (QED) is 0.682. The molecule has 134 valence electrons. The normalized spacial score (nSPS) is 25.7. The summed E-state index contributed by atoms with van der Waals surface area (Å²) in [5, 5.41) is 4.98. The Morgan fingerprint density at radius 3 is 2.92 bits per heavy atom. The van der Waals surface area contributed by atoms with Crippen molar-refractivity contribution >= 4 is 28.5 Å². The lowest BCUT2D eigenvalue weighted by Crippen LogP contribution is -2.48. The maximum Gasteiger partial charge on any atom is 0.226 e. The van der Waals surface area contributed by atoms with Crippen molar-refractivity contribution in [3.05, 3.63) is 53.4 Å². The van der Waals surface area contributed by atoms with Crippen LogP contribution in [0.3, 0.4) is 0 Å². The second-order valence-electron chi connectivity index (χ2n) is 7.47. The number of halogens is 1. The molecule has 3 heterocycles. The lowest BCUT2D eigenvalue weighted by Gasteiger charge is -2.39. The van der Waals surface area contributed by atoms with Gasteiger partial charge in [0, 0.05) is 31.4 Å². The first-order chi connectivity index (χ1) is 12.8. The Bertz CT molecular complexity index is 909. The molecule has 2 N–H and O–H groups in total. The summed E-state index contributed by atoms with van der Waals surface area (Å²) in [6, 6.07) is 13.9. The summed E-state index contributed by atoms with van der Waals surface area (Å²) in [7, 11) is 0. The number of nitrogens with zero attached hydrogens (tertiary/aromatic N) is 3. The van der Waals surface area contributed by atoms with Crippen molar-refractivity contribution in [1.82, 2.24) is 19.9 Å². The highest BCUT2D eigenvalue weighted by molar-refractivity contribution is 6.28. The van der Waals surface area contributed by atoms with Crippen LogP contribution >= 0.6 is 11.6 Å². The monoisotopic (exact) mass is 367 g/mol. The van der Waals surface area contributed by atoms with Gasteiger partial charge in [-0.05, 0) is 48.4 Å². The molecule has 1 aliphatic carbocycles. The molecule has 2 aromatic heterocycles. The molecule has 2 fully saturated rings.